The molecule has 17 heavy (non-hydrogen) atoms. The summed E-state index contributed by atoms with van der Waals surface area (Å²) in [4.78, 5) is 13.3. The van der Waals surface area contributed by atoms with Crippen LogP contribution in [0.3, 0.4) is 0 Å². The van der Waals surface area contributed by atoms with Crippen molar-refractivity contribution in [2.45, 2.75) is 39.0 Å². The molecule has 1 aliphatic heterocycles. The van der Waals surface area contributed by atoms with E-state index in [0.29, 0.717) is 5.91 Å². The maximum Gasteiger partial charge on any atom is 0.222 e. The molecule has 0 unspecified atom stereocenters. The van der Waals surface area contributed by atoms with E-state index >= 15 is 0 Å². The van der Waals surface area contributed by atoms with Crippen LogP contribution in [-0.2, 0) is 4.79 Å². The standard InChI is InChI=1S/C12H23N3OS/c1-2-3-7-13-12(17)14-8-5-10-15-9-4-6-11(15)16/h2-10H2,1H3,(H2,13,14,17). The van der Waals surface area contributed by atoms with Gasteiger partial charge in [0.1, 0.15) is 0 Å². The van der Waals surface area contributed by atoms with Gasteiger partial charge < -0.3 is 15.5 Å². The lowest BCUT2D eigenvalue weighted by Gasteiger charge is -2.16. The van der Waals surface area contributed by atoms with Crippen molar-refractivity contribution >= 4 is 23.2 Å². The van der Waals surface area contributed by atoms with Crippen molar-refractivity contribution in [3.05, 3.63) is 0 Å². The zero-order chi connectivity index (χ0) is 12.5. The summed E-state index contributed by atoms with van der Waals surface area (Å²) in [5, 5.41) is 7.05. The molecule has 0 aromatic rings. The average molecular weight is 257 g/mol. The Kier molecular flexibility index (Phi) is 6.93. The summed E-state index contributed by atoms with van der Waals surface area (Å²) < 4.78 is 0. The number of thiocarbonyl (C=S) groups is 1. The van der Waals surface area contributed by atoms with Gasteiger partial charge in [-0.05, 0) is 31.5 Å². The van der Waals surface area contributed by atoms with E-state index in [1.165, 1.54) is 6.42 Å². The van der Waals surface area contributed by atoms with Crippen LogP contribution in [-0.4, -0.2) is 42.1 Å². The zero-order valence-corrected chi connectivity index (χ0v) is 11.4. The molecule has 1 saturated heterocycles. The molecule has 98 valence electrons. The monoisotopic (exact) mass is 257 g/mol. The fourth-order valence-corrected chi connectivity index (χ4v) is 2.06. The lowest BCUT2D eigenvalue weighted by atomic mass is 10.3. The number of likely N-dealkylation sites (tertiary alicyclic amines) is 1. The first-order valence-electron chi connectivity index (χ1n) is 6.53. The fourth-order valence-electron chi connectivity index (χ4n) is 1.85. The van der Waals surface area contributed by atoms with Crippen LogP contribution in [0.1, 0.15) is 39.0 Å². The minimum Gasteiger partial charge on any atom is -0.363 e. The molecule has 0 atom stereocenters. The van der Waals surface area contributed by atoms with E-state index in [0.717, 1.165) is 57.0 Å². The van der Waals surface area contributed by atoms with Crippen LogP contribution in [0.2, 0.25) is 0 Å². The third-order valence-corrected chi connectivity index (χ3v) is 3.17. The number of nitrogens with zero attached hydrogens (tertiary/aromatic N) is 1. The van der Waals surface area contributed by atoms with Gasteiger partial charge in [0, 0.05) is 32.6 Å². The van der Waals surface area contributed by atoms with Crippen LogP contribution in [0.5, 0.6) is 0 Å². The summed E-state index contributed by atoms with van der Waals surface area (Å²) in [6.07, 6.45) is 5.02. The van der Waals surface area contributed by atoms with Crippen molar-refractivity contribution in [2.24, 2.45) is 0 Å². The highest BCUT2D eigenvalue weighted by Crippen LogP contribution is 2.09. The highest BCUT2D eigenvalue weighted by Gasteiger charge is 2.18. The molecular formula is C12H23N3OS. The number of unbranched alkanes of at least 4 members (excludes halogenated alkanes) is 1. The number of carbonyl (C=O) groups excluding carboxylic acids is 1. The maximum absolute atomic E-state index is 11.3. The van der Waals surface area contributed by atoms with E-state index in [2.05, 4.69) is 17.6 Å². The maximum atomic E-state index is 11.3. The first-order chi connectivity index (χ1) is 8.24. The van der Waals surface area contributed by atoms with Gasteiger partial charge >= 0.3 is 0 Å². The first-order valence-corrected chi connectivity index (χ1v) is 6.94. The Morgan fingerprint density at radius 1 is 1.35 bits per heavy atom. The molecule has 2 N–H and O–H groups in total. The van der Waals surface area contributed by atoms with E-state index in [9.17, 15) is 4.79 Å². The SMILES string of the molecule is CCCCNC(=S)NCCCN1CCCC1=O. The van der Waals surface area contributed by atoms with E-state index in [1.54, 1.807) is 0 Å². The molecule has 0 saturated carbocycles. The molecule has 0 aromatic heterocycles. The second kappa shape index (κ2) is 8.28. The molecular weight excluding hydrogens is 234 g/mol. The Labute approximate surface area is 109 Å². The summed E-state index contributed by atoms with van der Waals surface area (Å²) in [6, 6.07) is 0. The van der Waals surface area contributed by atoms with Gasteiger partial charge in [0.05, 0.1) is 0 Å². The first kappa shape index (κ1) is 14.2. The molecule has 1 fully saturated rings. The molecule has 1 aliphatic rings. The van der Waals surface area contributed by atoms with Gasteiger partial charge in [-0.25, -0.2) is 0 Å². The smallest absolute Gasteiger partial charge is 0.222 e. The highest BCUT2D eigenvalue weighted by atomic mass is 32.1. The Morgan fingerprint density at radius 2 is 2.06 bits per heavy atom. The molecule has 1 rings (SSSR count). The second-order valence-corrected chi connectivity index (χ2v) is 4.78. The van der Waals surface area contributed by atoms with Gasteiger partial charge in [0.2, 0.25) is 5.91 Å². The molecule has 4 nitrogen and oxygen atoms in total. The minimum atomic E-state index is 0.300. The third kappa shape index (κ3) is 5.86. The largest absolute Gasteiger partial charge is 0.363 e. The number of nitrogens with one attached hydrogen (secondary N) is 2. The van der Waals surface area contributed by atoms with Crippen molar-refractivity contribution in [3.8, 4) is 0 Å². The number of amides is 1. The van der Waals surface area contributed by atoms with Crippen molar-refractivity contribution in [3.63, 3.8) is 0 Å². The van der Waals surface area contributed by atoms with E-state index in [1.807, 2.05) is 4.90 Å². The number of carbonyl (C=O) groups is 1. The Balaban J connectivity index is 1.96. The summed E-state index contributed by atoms with van der Waals surface area (Å²) >= 11 is 5.14. The van der Waals surface area contributed by atoms with Crippen LogP contribution >= 0.6 is 12.2 Å². The van der Waals surface area contributed by atoms with Crippen LogP contribution in [0, 0.1) is 0 Å². The van der Waals surface area contributed by atoms with Crippen LogP contribution < -0.4 is 10.6 Å². The summed E-state index contributed by atoms with van der Waals surface area (Å²) in [5.41, 5.74) is 0. The molecule has 0 radical (unpaired) electrons. The van der Waals surface area contributed by atoms with E-state index < -0.39 is 0 Å². The van der Waals surface area contributed by atoms with Crippen LogP contribution in [0.25, 0.3) is 0 Å². The predicted molar refractivity (Wildman–Crippen MR) is 73.9 cm³/mol. The summed E-state index contributed by atoms with van der Waals surface area (Å²) in [7, 11) is 0. The summed E-state index contributed by atoms with van der Waals surface area (Å²) in [6.45, 7) is 5.71. The van der Waals surface area contributed by atoms with Crippen molar-refractivity contribution in [1.82, 2.24) is 15.5 Å². The van der Waals surface area contributed by atoms with Crippen molar-refractivity contribution in [1.29, 1.82) is 0 Å². The molecule has 5 heteroatoms. The highest BCUT2D eigenvalue weighted by molar-refractivity contribution is 7.80. The van der Waals surface area contributed by atoms with Crippen LogP contribution in [0.15, 0.2) is 0 Å². The van der Waals surface area contributed by atoms with Gasteiger partial charge in [-0.15, -0.1) is 0 Å². The molecule has 1 heterocycles. The van der Waals surface area contributed by atoms with Crippen molar-refractivity contribution in [2.75, 3.05) is 26.2 Å². The minimum absolute atomic E-state index is 0.300. The zero-order valence-electron chi connectivity index (χ0n) is 10.6. The lowest BCUT2D eigenvalue weighted by Crippen LogP contribution is -2.37. The number of hydrogen-bond acceptors (Lipinski definition) is 2. The quantitative estimate of drug-likeness (QED) is 0.532. The third-order valence-electron chi connectivity index (χ3n) is 2.88. The Morgan fingerprint density at radius 3 is 2.65 bits per heavy atom. The van der Waals surface area contributed by atoms with Gasteiger partial charge in [-0.3, -0.25) is 4.79 Å². The average Bonchev–Trinajstić information content (AvgIpc) is 2.71. The summed E-state index contributed by atoms with van der Waals surface area (Å²) in [5.74, 6) is 0.300. The fraction of sp³-hybridized carbons (Fsp3) is 0.833. The number of rotatable bonds is 7. The predicted octanol–water partition coefficient (Wildman–Crippen LogP) is 1.26. The van der Waals surface area contributed by atoms with Gasteiger partial charge in [0.25, 0.3) is 0 Å². The normalized spacial score (nSPS) is 15.1. The lowest BCUT2D eigenvalue weighted by molar-refractivity contribution is -0.127. The molecule has 0 spiro atoms. The molecule has 0 bridgehead atoms. The Hall–Kier alpha value is -0.840. The second-order valence-electron chi connectivity index (χ2n) is 4.37. The molecule has 1 amide bonds. The molecule has 0 aliphatic carbocycles. The van der Waals surface area contributed by atoms with Gasteiger partial charge in [-0.2, -0.15) is 0 Å². The van der Waals surface area contributed by atoms with Gasteiger partial charge in [0.15, 0.2) is 5.11 Å². The van der Waals surface area contributed by atoms with E-state index in [-0.39, 0.29) is 0 Å². The molecule has 0 aromatic carbocycles. The topological polar surface area (TPSA) is 44.4 Å². The van der Waals surface area contributed by atoms with Crippen LogP contribution in [0.4, 0.5) is 0 Å². The Bertz CT molecular complexity index is 258. The van der Waals surface area contributed by atoms with Crippen molar-refractivity contribution < 1.29 is 4.79 Å². The number of hydrogen-bond donors (Lipinski definition) is 2. The van der Waals surface area contributed by atoms with Gasteiger partial charge in [-0.1, -0.05) is 13.3 Å². The van der Waals surface area contributed by atoms with E-state index in [4.69, 9.17) is 12.2 Å².